The minimum atomic E-state index is -4.49. The zero-order chi connectivity index (χ0) is 22.6. The molecule has 1 N–H and O–H groups in total. The summed E-state index contributed by atoms with van der Waals surface area (Å²) in [6, 6.07) is 13.4. The fraction of sp³-hybridized carbons (Fsp3) is 0.143. The third-order valence-corrected chi connectivity index (χ3v) is 5.28. The number of amides is 1. The van der Waals surface area contributed by atoms with Gasteiger partial charge in [0.1, 0.15) is 11.5 Å². The highest BCUT2D eigenvalue weighted by Gasteiger charge is 2.30. The first kappa shape index (κ1) is 21.6. The van der Waals surface area contributed by atoms with Crippen molar-refractivity contribution in [3.63, 3.8) is 0 Å². The first-order valence-electron chi connectivity index (χ1n) is 9.37. The summed E-state index contributed by atoms with van der Waals surface area (Å²) in [4.78, 5) is 16.6. The normalized spacial score (nSPS) is 11.5. The Morgan fingerprint density at radius 2 is 1.97 bits per heavy atom. The number of halogens is 3. The zero-order valence-corrected chi connectivity index (χ0v) is 17.2. The summed E-state index contributed by atoms with van der Waals surface area (Å²) in [5, 5.41) is 11.3. The Morgan fingerprint density at radius 3 is 2.69 bits per heavy atom. The Morgan fingerprint density at radius 1 is 1.09 bits per heavy atom. The van der Waals surface area contributed by atoms with Crippen molar-refractivity contribution in [1.82, 2.24) is 19.7 Å². The topological polar surface area (TPSA) is 85.8 Å². The average molecular weight is 459 g/mol. The molecule has 1 aromatic carbocycles. The van der Waals surface area contributed by atoms with Crippen LogP contribution in [0, 0.1) is 0 Å². The van der Waals surface area contributed by atoms with Crippen molar-refractivity contribution in [1.29, 1.82) is 0 Å². The van der Waals surface area contributed by atoms with Crippen molar-refractivity contribution in [3.8, 4) is 11.5 Å². The summed E-state index contributed by atoms with van der Waals surface area (Å²) < 4.78 is 45.8. The molecule has 0 aliphatic carbocycles. The number of hydrogen-bond donors (Lipinski definition) is 1. The van der Waals surface area contributed by atoms with E-state index >= 15 is 0 Å². The fourth-order valence-corrected chi connectivity index (χ4v) is 3.62. The van der Waals surface area contributed by atoms with E-state index in [9.17, 15) is 18.0 Å². The molecule has 4 aromatic rings. The molecule has 0 bridgehead atoms. The van der Waals surface area contributed by atoms with Gasteiger partial charge in [-0.1, -0.05) is 23.9 Å². The number of rotatable bonds is 7. The smallest absolute Gasteiger partial charge is 0.416 e. The van der Waals surface area contributed by atoms with Gasteiger partial charge in [0.15, 0.2) is 11.0 Å². The Balaban J connectivity index is 1.49. The number of nitrogens with zero attached hydrogens (tertiary/aromatic N) is 4. The van der Waals surface area contributed by atoms with Gasteiger partial charge in [-0.2, -0.15) is 13.2 Å². The second-order valence-electron chi connectivity index (χ2n) is 6.60. The minimum absolute atomic E-state index is 0.0663. The number of hydrogen-bond acceptors (Lipinski definition) is 6. The monoisotopic (exact) mass is 459 g/mol. The van der Waals surface area contributed by atoms with Crippen LogP contribution >= 0.6 is 11.8 Å². The molecule has 7 nitrogen and oxygen atoms in total. The van der Waals surface area contributed by atoms with E-state index in [1.54, 1.807) is 41.3 Å². The van der Waals surface area contributed by atoms with Crippen LogP contribution in [0.1, 0.15) is 11.3 Å². The van der Waals surface area contributed by atoms with Crippen LogP contribution in [0.2, 0.25) is 0 Å². The predicted molar refractivity (Wildman–Crippen MR) is 112 cm³/mol. The van der Waals surface area contributed by atoms with E-state index in [1.165, 1.54) is 12.1 Å². The van der Waals surface area contributed by atoms with Crippen molar-refractivity contribution >= 4 is 23.4 Å². The zero-order valence-electron chi connectivity index (χ0n) is 16.4. The number of anilines is 1. The van der Waals surface area contributed by atoms with Crippen LogP contribution in [0.4, 0.5) is 18.9 Å². The van der Waals surface area contributed by atoms with Gasteiger partial charge in [0.25, 0.3) is 0 Å². The lowest BCUT2D eigenvalue weighted by Gasteiger charge is -2.10. The standard InChI is InChI=1S/C21H16F3N5O2S/c22-21(23,24)14-5-3-6-15(11-14)26-18(30)13-32-20-28-27-19(17-8-1-2-9-25-17)29(20)12-16-7-4-10-31-16/h1-11H,12-13H2,(H,26,30). The van der Waals surface area contributed by atoms with Crippen molar-refractivity contribution in [2.75, 3.05) is 11.1 Å². The second kappa shape index (κ2) is 9.27. The molecule has 11 heteroatoms. The van der Waals surface area contributed by atoms with Gasteiger partial charge in [0, 0.05) is 11.9 Å². The molecule has 4 rings (SSSR count). The van der Waals surface area contributed by atoms with Crippen LogP contribution in [0.3, 0.4) is 0 Å². The van der Waals surface area contributed by atoms with E-state index in [4.69, 9.17) is 4.42 Å². The number of thioether (sulfide) groups is 1. The summed E-state index contributed by atoms with van der Waals surface area (Å²) in [5.74, 6) is 0.621. The third-order valence-electron chi connectivity index (χ3n) is 4.31. The minimum Gasteiger partial charge on any atom is -0.467 e. The van der Waals surface area contributed by atoms with E-state index in [2.05, 4.69) is 20.5 Å². The van der Waals surface area contributed by atoms with Crippen LogP contribution in [-0.2, 0) is 17.5 Å². The molecule has 0 radical (unpaired) electrons. The van der Waals surface area contributed by atoms with Crippen LogP contribution in [0.15, 0.2) is 76.6 Å². The SMILES string of the molecule is O=C(CSc1nnc(-c2ccccn2)n1Cc1ccco1)Nc1cccc(C(F)(F)F)c1. The molecule has 0 aliphatic rings. The Bertz CT molecular complexity index is 1190. The largest absolute Gasteiger partial charge is 0.467 e. The Labute approximate surface area is 184 Å². The molecule has 0 atom stereocenters. The molecule has 3 heterocycles. The number of pyridine rings is 1. The number of carbonyl (C=O) groups excluding carboxylic acids is 1. The molecule has 0 aliphatic heterocycles. The van der Waals surface area contributed by atoms with E-state index in [1.807, 2.05) is 6.07 Å². The van der Waals surface area contributed by atoms with Gasteiger partial charge < -0.3 is 9.73 Å². The molecule has 0 unspecified atom stereocenters. The lowest BCUT2D eigenvalue weighted by Crippen LogP contribution is -2.15. The molecular formula is C21H16F3N5O2S. The molecule has 164 valence electrons. The van der Waals surface area contributed by atoms with E-state index in [0.29, 0.717) is 29.0 Å². The molecule has 3 aromatic heterocycles. The van der Waals surface area contributed by atoms with Gasteiger partial charge >= 0.3 is 6.18 Å². The predicted octanol–water partition coefficient (Wildman–Crippen LogP) is 4.73. The van der Waals surface area contributed by atoms with Crippen LogP contribution in [0.25, 0.3) is 11.5 Å². The van der Waals surface area contributed by atoms with Crippen molar-refractivity contribution in [2.24, 2.45) is 0 Å². The Kier molecular flexibility index (Phi) is 6.26. The molecule has 0 saturated heterocycles. The van der Waals surface area contributed by atoms with Crippen molar-refractivity contribution in [2.45, 2.75) is 17.9 Å². The average Bonchev–Trinajstić information content (AvgIpc) is 3.43. The Hall–Kier alpha value is -3.60. The highest BCUT2D eigenvalue weighted by Crippen LogP contribution is 2.31. The molecule has 0 spiro atoms. The highest BCUT2D eigenvalue weighted by molar-refractivity contribution is 7.99. The van der Waals surface area contributed by atoms with Gasteiger partial charge in [0.2, 0.25) is 5.91 Å². The first-order chi connectivity index (χ1) is 15.4. The van der Waals surface area contributed by atoms with Crippen LogP contribution < -0.4 is 5.32 Å². The fourth-order valence-electron chi connectivity index (χ4n) is 2.88. The van der Waals surface area contributed by atoms with Crippen LogP contribution in [0.5, 0.6) is 0 Å². The number of carbonyl (C=O) groups is 1. The van der Waals surface area contributed by atoms with E-state index < -0.39 is 17.6 Å². The number of aromatic nitrogens is 4. The lowest BCUT2D eigenvalue weighted by molar-refractivity contribution is -0.137. The third kappa shape index (κ3) is 5.17. The summed E-state index contributed by atoms with van der Waals surface area (Å²) in [6.07, 6.45) is -1.30. The summed E-state index contributed by atoms with van der Waals surface area (Å²) in [6.45, 7) is 0.323. The number of furan rings is 1. The lowest BCUT2D eigenvalue weighted by atomic mass is 10.2. The number of benzene rings is 1. The molecule has 0 saturated carbocycles. The summed E-state index contributed by atoms with van der Waals surface area (Å²) in [7, 11) is 0. The van der Waals surface area contributed by atoms with Gasteiger partial charge in [-0.15, -0.1) is 10.2 Å². The maximum Gasteiger partial charge on any atom is 0.416 e. The number of nitrogens with one attached hydrogen (secondary N) is 1. The van der Waals surface area contributed by atoms with E-state index in [-0.39, 0.29) is 11.4 Å². The maximum absolute atomic E-state index is 12.9. The first-order valence-corrected chi connectivity index (χ1v) is 10.4. The van der Waals surface area contributed by atoms with Gasteiger partial charge in [0.05, 0.1) is 24.1 Å². The van der Waals surface area contributed by atoms with Crippen molar-refractivity contribution in [3.05, 3.63) is 78.4 Å². The molecule has 0 fully saturated rings. The number of alkyl halides is 3. The summed E-state index contributed by atoms with van der Waals surface area (Å²) in [5.41, 5.74) is -0.162. The van der Waals surface area contributed by atoms with Gasteiger partial charge in [-0.25, -0.2) is 0 Å². The second-order valence-corrected chi connectivity index (χ2v) is 7.54. The maximum atomic E-state index is 12.9. The summed E-state index contributed by atoms with van der Waals surface area (Å²) >= 11 is 1.11. The van der Waals surface area contributed by atoms with Crippen LogP contribution in [-0.4, -0.2) is 31.4 Å². The van der Waals surface area contributed by atoms with Gasteiger partial charge in [-0.05, 0) is 42.5 Å². The molecule has 1 amide bonds. The molecule has 32 heavy (non-hydrogen) atoms. The van der Waals surface area contributed by atoms with Crippen molar-refractivity contribution < 1.29 is 22.4 Å². The molecular weight excluding hydrogens is 443 g/mol. The quantitative estimate of drug-likeness (QED) is 0.402. The van der Waals surface area contributed by atoms with E-state index in [0.717, 1.165) is 23.9 Å². The highest BCUT2D eigenvalue weighted by atomic mass is 32.2. The van der Waals surface area contributed by atoms with Gasteiger partial charge in [-0.3, -0.25) is 14.3 Å².